The number of hydrogen-bond donors (Lipinski definition) is 2. The van der Waals surface area contributed by atoms with Gasteiger partial charge in [-0.1, -0.05) is 45.9 Å². The largest absolute Gasteiger partial charge is 0.507 e. The molecule has 0 fully saturated rings. The van der Waals surface area contributed by atoms with Gasteiger partial charge < -0.3 is 10.1 Å². The molecule has 0 bridgehead atoms. The molecule has 0 spiro atoms. The Bertz CT molecular complexity index is 781. The summed E-state index contributed by atoms with van der Waals surface area (Å²) < 4.78 is 0. The summed E-state index contributed by atoms with van der Waals surface area (Å²) in [5.74, 6) is 1.16. The number of hydrogen-bond acceptors (Lipinski definition) is 1. The Balaban J connectivity index is 2.53. The first kappa shape index (κ1) is 13.0. The SMILES string of the molecule is CC(C)c1cc(C(C)C)c2[nH]c3ccccc3c2c1O. The number of nitrogens with one attached hydrogen (secondary N) is 1. The lowest BCUT2D eigenvalue weighted by molar-refractivity contribution is 0.471. The number of aromatic amines is 1. The van der Waals surface area contributed by atoms with Crippen molar-refractivity contribution >= 4 is 21.8 Å². The Morgan fingerprint density at radius 3 is 2.25 bits per heavy atom. The minimum Gasteiger partial charge on any atom is -0.507 e. The van der Waals surface area contributed by atoms with E-state index in [0.717, 1.165) is 27.4 Å². The first-order chi connectivity index (χ1) is 9.50. The molecule has 3 rings (SSSR count). The molecule has 2 N–H and O–H groups in total. The zero-order valence-electron chi connectivity index (χ0n) is 12.5. The van der Waals surface area contributed by atoms with Crippen molar-refractivity contribution in [3.63, 3.8) is 0 Å². The van der Waals surface area contributed by atoms with Gasteiger partial charge in [0.15, 0.2) is 0 Å². The van der Waals surface area contributed by atoms with Crippen LogP contribution in [0.1, 0.15) is 50.7 Å². The van der Waals surface area contributed by atoms with Gasteiger partial charge in [0.05, 0.1) is 5.52 Å². The number of aromatic nitrogens is 1. The van der Waals surface area contributed by atoms with Crippen molar-refractivity contribution in [2.24, 2.45) is 0 Å². The second-order valence-electron chi connectivity index (χ2n) is 6.13. The molecule has 0 aliphatic rings. The molecule has 2 aromatic carbocycles. The van der Waals surface area contributed by atoms with Gasteiger partial charge in [-0.05, 0) is 35.1 Å². The number of rotatable bonds is 2. The summed E-state index contributed by atoms with van der Waals surface area (Å²) in [4.78, 5) is 3.47. The second-order valence-corrected chi connectivity index (χ2v) is 6.13. The van der Waals surface area contributed by atoms with Crippen LogP contribution in [0.15, 0.2) is 30.3 Å². The highest BCUT2D eigenvalue weighted by Gasteiger charge is 2.19. The van der Waals surface area contributed by atoms with E-state index in [0.29, 0.717) is 17.6 Å². The lowest BCUT2D eigenvalue weighted by Crippen LogP contribution is -1.96. The normalized spacial score (nSPS) is 12.1. The summed E-state index contributed by atoms with van der Waals surface area (Å²) >= 11 is 0. The molecular weight excluding hydrogens is 246 g/mol. The number of H-pyrrole nitrogens is 1. The van der Waals surface area contributed by atoms with Gasteiger partial charge in [-0.2, -0.15) is 0 Å². The summed E-state index contributed by atoms with van der Waals surface area (Å²) in [5.41, 5.74) is 4.47. The van der Waals surface area contributed by atoms with Gasteiger partial charge in [-0.25, -0.2) is 0 Å². The number of fused-ring (bicyclic) bond motifs is 3. The minimum atomic E-state index is 0.311. The Morgan fingerprint density at radius 1 is 0.950 bits per heavy atom. The van der Waals surface area contributed by atoms with Crippen LogP contribution in [0.3, 0.4) is 0 Å². The third-order valence-corrected chi connectivity index (χ3v) is 4.06. The van der Waals surface area contributed by atoms with Crippen LogP contribution in [0, 0.1) is 0 Å². The van der Waals surface area contributed by atoms with Gasteiger partial charge >= 0.3 is 0 Å². The Morgan fingerprint density at radius 2 is 1.60 bits per heavy atom. The Kier molecular flexibility index (Phi) is 2.97. The van der Waals surface area contributed by atoms with Crippen LogP contribution in [0.25, 0.3) is 21.8 Å². The zero-order chi connectivity index (χ0) is 14.4. The third kappa shape index (κ3) is 1.79. The van der Waals surface area contributed by atoms with Crippen molar-refractivity contribution in [3.8, 4) is 5.75 Å². The van der Waals surface area contributed by atoms with Crippen LogP contribution in [0.5, 0.6) is 5.75 Å². The molecule has 0 aliphatic carbocycles. The van der Waals surface area contributed by atoms with E-state index in [9.17, 15) is 5.11 Å². The highest BCUT2D eigenvalue weighted by molar-refractivity contribution is 6.12. The lowest BCUT2D eigenvalue weighted by Gasteiger charge is -2.15. The van der Waals surface area contributed by atoms with E-state index in [1.165, 1.54) is 5.56 Å². The van der Waals surface area contributed by atoms with Gasteiger partial charge in [-0.15, -0.1) is 0 Å². The van der Waals surface area contributed by atoms with E-state index in [4.69, 9.17) is 0 Å². The van der Waals surface area contributed by atoms with Gasteiger partial charge in [0.2, 0.25) is 0 Å². The predicted octanol–water partition coefficient (Wildman–Crippen LogP) is 5.27. The summed E-state index contributed by atoms with van der Waals surface area (Å²) in [6, 6.07) is 10.3. The minimum absolute atomic E-state index is 0.311. The standard InChI is InChI=1S/C18H21NO/c1-10(2)13-9-14(11(3)4)18(20)16-12-7-5-6-8-15(12)19-17(13)16/h5-11,19-20H,1-4H3. The van der Waals surface area contributed by atoms with Crippen LogP contribution in [-0.2, 0) is 0 Å². The predicted molar refractivity (Wildman–Crippen MR) is 85.6 cm³/mol. The average molecular weight is 267 g/mol. The number of benzene rings is 2. The molecular formula is C18H21NO. The maximum absolute atomic E-state index is 10.7. The van der Waals surface area contributed by atoms with Gasteiger partial charge in [0.1, 0.15) is 5.75 Å². The van der Waals surface area contributed by atoms with E-state index in [-0.39, 0.29) is 0 Å². The van der Waals surface area contributed by atoms with E-state index >= 15 is 0 Å². The molecule has 1 heterocycles. The topological polar surface area (TPSA) is 36.0 Å². The lowest BCUT2D eigenvalue weighted by atomic mass is 9.91. The molecule has 1 aromatic heterocycles. The first-order valence-corrected chi connectivity index (χ1v) is 7.27. The number of aromatic hydroxyl groups is 1. The van der Waals surface area contributed by atoms with E-state index in [2.05, 4.69) is 50.9 Å². The van der Waals surface area contributed by atoms with Crippen molar-refractivity contribution in [2.75, 3.05) is 0 Å². The van der Waals surface area contributed by atoms with Crippen molar-refractivity contribution in [2.45, 2.75) is 39.5 Å². The maximum Gasteiger partial charge on any atom is 0.129 e. The maximum atomic E-state index is 10.7. The molecule has 0 saturated carbocycles. The summed E-state index contributed by atoms with van der Waals surface area (Å²) in [5, 5.41) is 12.8. The molecule has 0 aliphatic heterocycles. The summed E-state index contributed by atoms with van der Waals surface area (Å²) in [6.45, 7) is 8.64. The highest BCUT2D eigenvalue weighted by Crippen LogP contribution is 2.41. The van der Waals surface area contributed by atoms with Crippen molar-refractivity contribution in [3.05, 3.63) is 41.5 Å². The molecule has 0 saturated heterocycles. The molecule has 0 amide bonds. The Hall–Kier alpha value is -1.96. The Labute approximate surface area is 119 Å². The average Bonchev–Trinajstić information content (AvgIpc) is 2.77. The van der Waals surface area contributed by atoms with Crippen molar-refractivity contribution in [1.29, 1.82) is 0 Å². The van der Waals surface area contributed by atoms with E-state index in [1.54, 1.807) is 0 Å². The summed E-state index contributed by atoms with van der Waals surface area (Å²) in [6.07, 6.45) is 0. The molecule has 104 valence electrons. The molecule has 0 atom stereocenters. The number of phenolic OH excluding ortho intramolecular Hbond substituents is 1. The molecule has 0 radical (unpaired) electrons. The molecule has 0 unspecified atom stereocenters. The quantitative estimate of drug-likeness (QED) is 0.651. The number of para-hydroxylation sites is 1. The fourth-order valence-corrected chi connectivity index (χ4v) is 2.95. The number of phenols is 1. The van der Waals surface area contributed by atoms with Gasteiger partial charge in [0.25, 0.3) is 0 Å². The van der Waals surface area contributed by atoms with Gasteiger partial charge in [-0.3, -0.25) is 0 Å². The van der Waals surface area contributed by atoms with Crippen LogP contribution in [-0.4, -0.2) is 10.1 Å². The fourth-order valence-electron chi connectivity index (χ4n) is 2.95. The van der Waals surface area contributed by atoms with Crippen molar-refractivity contribution < 1.29 is 5.11 Å². The monoisotopic (exact) mass is 267 g/mol. The zero-order valence-corrected chi connectivity index (χ0v) is 12.5. The first-order valence-electron chi connectivity index (χ1n) is 7.27. The third-order valence-electron chi connectivity index (χ3n) is 4.06. The highest BCUT2D eigenvalue weighted by atomic mass is 16.3. The van der Waals surface area contributed by atoms with Gasteiger partial charge in [0, 0.05) is 16.3 Å². The van der Waals surface area contributed by atoms with E-state index < -0.39 is 0 Å². The molecule has 2 heteroatoms. The fraction of sp³-hybridized carbons (Fsp3) is 0.333. The molecule has 20 heavy (non-hydrogen) atoms. The molecule has 2 nitrogen and oxygen atoms in total. The van der Waals surface area contributed by atoms with Crippen LogP contribution in [0.4, 0.5) is 0 Å². The molecule has 3 aromatic rings. The van der Waals surface area contributed by atoms with Crippen LogP contribution >= 0.6 is 0 Å². The summed E-state index contributed by atoms with van der Waals surface area (Å²) in [7, 11) is 0. The van der Waals surface area contributed by atoms with Crippen LogP contribution < -0.4 is 0 Å². The van der Waals surface area contributed by atoms with Crippen molar-refractivity contribution in [1.82, 2.24) is 4.98 Å². The van der Waals surface area contributed by atoms with Crippen LogP contribution in [0.2, 0.25) is 0 Å². The second kappa shape index (κ2) is 4.55. The van der Waals surface area contributed by atoms with E-state index in [1.807, 2.05) is 12.1 Å². The smallest absolute Gasteiger partial charge is 0.129 e.